The first kappa shape index (κ1) is 20.0. The quantitative estimate of drug-likeness (QED) is 0.348. The number of fused-ring (bicyclic) bond motifs is 1. The maximum atomic E-state index is 9.40. The number of aliphatic hydroxyl groups is 3. The van der Waals surface area contributed by atoms with Crippen LogP contribution in [0.2, 0.25) is 5.02 Å². The zero-order valence-electron chi connectivity index (χ0n) is 13.7. The van der Waals surface area contributed by atoms with E-state index in [9.17, 15) is 5.11 Å². The molecule has 0 spiro atoms. The first-order valence-electron chi connectivity index (χ1n) is 7.80. The van der Waals surface area contributed by atoms with Gasteiger partial charge < -0.3 is 20.3 Å². The van der Waals surface area contributed by atoms with Crippen LogP contribution in [0.3, 0.4) is 0 Å². The van der Waals surface area contributed by atoms with E-state index in [-0.39, 0.29) is 0 Å². The number of hydrogen-bond acceptors (Lipinski definition) is 8. The largest absolute Gasteiger partial charge is 0.394 e. The summed E-state index contributed by atoms with van der Waals surface area (Å²) >= 11 is 5.72. The van der Waals surface area contributed by atoms with E-state index in [2.05, 4.69) is 19.9 Å². The second-order valence-electron chi connectivity index (χ2n) is 5.42. The standard InChI is InChI=1S/C11H15ClO3.C5H5N5O/c12-9-4-1-8(2-5-9)3-6-10(14)11(15)7-13;11-10-5-3-4(7-1-6-3)8-2-9-5/h1-2,4-5,10-11,13-15H,3,6-7H2;1-2,11H,(H2,6,7,8,9,10). The summed E-state index contributed by atoms with van der Waals surface area (Å²) in [7, 11) is 0. The molecule has 0 saturated heterocycles. The van der Waals surface area contributed by atoms with Gasteiger partial charge in [-0.25, -0.2) is 15.0 Å². The van der Waals surface area contributed by atoms with Crippen LogP contribution in [0.15, 0.2) is 36.9 Å². The van der Waals surface area contributed by atoms with Crippen LogP contribution < -0.4 is 5.48 Å². The molecule has 0 fully saturated rings. The minimum absolute atomic E-state index is 0.326. The van der Waals surface area contributed by atoms with Crippen LogP contribution in [0, 0.1) is 0 Å². The first-order valence-corrected chi connectivity index (χ1v) is 8.18. The highest BCUT2D eigenvalue weighted by atomic mass is 35.5. The van der Waals surface area contributed by atoms with Crippen LogP contribution in [0.1, 0.15) is 12.0 Å². The lowest BCUT2D eigenvalue weighted by Gasteiger charge is -2.15. The topological polar surface area (TPSA) is 147 Å². The van der Waals surface area contributed by atoms with Gasteiger partial charge in [-0.05, 0) is 30.5 Å². The first-order chi connectivity index (χ1) is 12.5. The number of anilines is 1. The van der Waals surface area contributed by atoms with Crippen molar-refractivity contribution in [1.82, 2.24) is 19.9 Å². The van der Waals surface area contributed by atoms with Gasteiger partial charge in [-0.3, -0.25) is 10.7 Å². The summed E-state index contributed by atoms with van der Waals surface area (Å²) < 4.78 is 0. The van der Waals surface area contributed by atoms with E-state index in [1.54, 1.807) is 12.1 Å². The van der Waals surface area contributed by atoms with Gasteiger partial charge in [0.05, 0.1) is 19.0 Å². The maximum Gasteiger partial charge on any atom is 0.182 e. The highest BCUT2D eigenvalue weighted by Crippen LogP contribution is 2.13. The number of H-pyrrole nitrogens is 1. The molecule has 2 atom stereocenters. The predicted octanol–water partition coefficient (Wildman–Crippen LogP) is 1.14. The molecule has 0 aliphatic carbocycles. The van der Waals surface area contributed by atoms with Gasteiger partial charge >= 0.3 is 0 Å². The number of aryl methyl sites for hydroxylation is 1. The second-order valence-corrected chi connectivity index (χ2v) is 5.85. The molecule has 2 unspecified atom stereocenters. The molecule has 26 heavy (non-hydrogen) atoms. The van der Waals surface area contributed by atoms with E-state index in [0.29, 0.717) is 34.8 Å². The Morgan fingerprint density at radius 3 is 2.46 bits per heavy atom. The van der Waals surface area contributed by atoms with Crippen LogP contribution in [0.5, 0.6) is 0 Å². The summed E-state index contributed by atoms with van der Waals surface area (Å²) in [6, 6.07) is 7.32. The Labute approximate surface area is 154 Å². The van der Waals surface area contributed by atoms with Crippen molar-refractivity contribution in [3.05, 3.63) is 47.5 Å². The van der Waals surface area contributed by atoms with Gasteiger partial charge in [0, 0.05) is 5.02 Å². The van der Waals surface area contributed by atoms with Gasteiger partial charge in [-0.2, -0.15) is 0 Å². The Morgan fingerprint density at radius 2 is 1.81 bits per heavy atom. The highest BCUT2D eigenvalue weighted by molar-refractivity contribution is 6.30. The van der Waals surface area contributed by atoms with Crippen molar-refractivity contribution in [2.45, 2.75) is 25.0 Å². The van der Waals surface area contributed by atoms with E-state index in [0.717, 1.165) is 5.56 Å². The minimum atomic E-state index is -1.06. The van der Waals surface area contributed by atoms with Gasteiger partial charge in [-0.1, -0.05) is 23.7 Å². The van der Waals surface area contributed by atoms with Crippen molar-refractivity contribution < 1.29 is 20.5 Å². The zero-order chi connectivity index (χ0) is 18.9. The van der Waals surface area contributed by atoms with E-state index in [4.69, 9.17) is 27.0 Å². The number of nitrogens with one attached hydrogen (secondary N) is 2. The van der Waals surface area contributed by atoms with Gasteiger partial charge in [0.25, 0.3) is 0 Å². The van der Waals surface area contributed by atoms with Crippen molar-refractivity contribution in [2.24, 2.45) is 0 Å². The van der Waals surface area contributed by atoms with E-state index in [1.807, 2.05) is 17.6 Å². The van der Waals surface area contributed by atoms with Crippen LogP contribution >= 0.6 is 11.6 Å². The van der Waals surface area contributed by atoms with E-state index < -0.39 is 18.8 Å². The number of nitrogens with zero attached hydrogens (tertiary/aromatic N) is 3. The number of rotatable bonds is 6. The molecule has 10 heteroatoms. The van der Waals surface area contributed by atoms with Gasteiger partial charge in [-0.15, -0.1) is 0 Å². The Bertz CT molecular complexity index is 799. The van der Waals surface area contributed by atoms with E-state index in [1.165, 1.54) is 12.7 Å². The molecular formula is C16H20ClN5O4. The molecule has 140 valence electrons. The third-order valence-corrected chi connectivity index (χ3v) is 3.85. The van der Waals surface area contributed by atoms with Crippen LogP contribution in [0.4, 0.5) is 5.82 Å². The van der Waals surface area contributed by atoms with Gasteiger partial charge in [0.1, 0.15) is 17.9 Å². The van der Waals surface area contributed by atoms with Crippen LogP contribution in [-0.4, -0.2) is 59.3 Å². The molecule has 0 saturated carbocycles. The fraction of sp³-hybridized carbons (Fsp3) is 0.312. The Balaban J connectivity index is 0.000000195. The van der Waals surface area contributed by atoms with Crippen molar-refractivity contribution in [3.63, 3.8) is 0 Å². The summed E-state index contributed by atoms with van der Waals surface area (Å²) in [5, 5.41) is 36.4. The molecule has 0 aliphatic heterocycles. The van der Waals surface area contributed by atoms with Crippen LogP contribution in [0.25, 0.3) is 11.2 Å². The predicted molar refractivity (Wildman–Crippen MR) is 96.0 cm³/mol. The molecule has 3 aromatic rings. The molecule has 0 bridgehead atoms. The fourth-order valence-corrected chi connectivity index (χ4v) is 2.26. The second kappa shape index (κ2) is 10.00. The molecule has 2 aromatic heterocycles. The maximum absolute atomic E-state index is 9.40. The summed E-state index contributed by atoms with van der Waals surface area (Å²) in [5.74, 6) is 0.326. The Morgan fingerprint density at radius 1 is 1.08 bits per heavy atom. The lowest BCUT2D eigenvalue weighted by atomic mass is 10.0. The van der Waals surface area contributed by atoms with Crippen LogP contribution in [-0.2, 0) is 6.42 Å². The number of benzene rings is 1. The smallest absolute Gasteiger partial charge is 0.182 e. The zero-order valence-corrected chi connectivity index (χ0v) is 14.5. The molecule has 2 heterocycles. The number of imidazole rings is 1. The third kappa shape index (κ3) is 5.61. The average molecular weight is 382 g/mol. The Hall–Kier alpha value is -2.30. The lowest BCUT2D eigenvalue weighted by Crippen LogP contribution is -2.29. The SMILES string of the molecule is OCC(O)C(O)CCc1ccc(Cl)cc1.ONc1ncnc2nc[nH]c12. The summed E-state index contributed by atoms with van der Waals surface area (Å²) in [6.45, 7) is -0.415. The molecule has 1 aromatic carbocycles. The third-order valence-electron chi connectivity index (χ3n) is 3.60. The van der Waals surface area contributed by atoms with Crippen molar-refractivity contribution in [2.75, 3.05) is 12.1 Å². The highest BCUT2D eigenvalue weighted by Gasteiger charge is 2.14. The van der Waals surface area contributed by atoms with Gasteiger partial charge in [0.15, 0.2) is 11.5 Å². The number of aromatic nitrogens is 4. The van der Waals surface area contributed by atoms with Crippen molar-refractivity contribution in [3.8, 4) is 0 Å². The summed E-state index contributed by atoms with van der Waals surface area (Å²) in [6.07, 6.45) is 1.93. The number of aliphatic hydroxyl groups excluding tert-OH is 3. The molecule has 0 radical (unpaired) electrons. The molecule has 0 amide bonds. The molecule has 3 rings (SSSR count). The lowest BCUT2D eigenvalue weighted by molar-refractivity contribution is -0.0172. The number of halogens is 1. The van der Waals surface area contributed by atoms with Crippen molar-refractivity contribution >= 4 is 28.6 Å². The number of aromatic amines is 1. The Kier molecular flexibility index (Phi) is 7.70. The average Bonchev–Trinajstić information content (AvgIpc) is 3.16. The van der Waals surface area contributed by atoms with Gasteiger partial charge in [0.2, 0.25) is 0 Å². The minimum Gasteiger partial charge on any atom is -0.394 e. The number of hydrogen-bond donors (Lipinski definition) is 6. The van der Waals surface area contributed by atoms with E-state index >= 15 is 0 Å². The monoisotopic (exact) mass is 381 g/mol. The molecule has 0 aliphatic rings. The molecular weight excluding hydrogens is 362 g/mol. The normalized spacial score (nSPS) is 13.0. The molecule has 6 N–H and O–H groups in total. The summed E-state index contributed by atoms with van der Waals surface area (Å²) in [5.41, 5.74) is 4.10. The fourth-order valence-electron chi connectivity index (χ4n) is 2.13. The summed E-state index contributed by atoms with van der Waals surface area (Å²) in [4.78, 5) is 14.2. The molecule has 9 nitrogen and oxygen atoms in total. The van der Waals surface area contributed by atoms with Crippen molar-refractivity contribution in [1.29, 1.82) is 0 Å².